The van der Waals surface area contributed by atoms with Gasteiger partial charge in [-0.05, 0) is 108 Å². The van der Waals surface area contributed by atoms with Crippen molar-refractivity contribution in [1.82, 2.24) is 14.9 Å². The number of hydrogen-bond acceptors (Lipinski definition) is 11. The molecule has 4 heterocycles. The highest BCUT2D eigenvalue weighted by Gasteiger charge is 2.43. The molecular formula is C62H62N4O9. The molecule has 4 aromatic carbocycles. The molecule has 2 aliphatic heterocycles. The van der Waals surface area contributed by atoms with E-state index in [1.165, 1.54) is 31.7 Å². The first-order chi connectivity index (χ1) is 36.3. The zero-order chi connectivity index (χ0) is 52.4. The van der Waals surface area contributed by atoms with Crippen molar-refractivity contribution in [1.29, 1.82) is 0 Å². The largest absolute Gasteiger partial charge is 0.508 e. The third kappa shape index (κ3) is 10.4. The van der Waals surface area contributed by atoms with E-state index in [0.717, 1.165) is 44.5 Å². The fourth-order valence-electron chi connectivity index (χ4n) is 11.7. The number of ketones is 2. The number of Topliss-reactive ketones (excluding diaryl/α,β-unsaturated/α-hetero) is 2. The summed E-state index contributed by atoms with van der Waals surface area (Å²) in [5.41, 5.74) is 6.16. The summed E-state index contributed by atoms with van der Waals surface area (Å²) in [7, 11) is 1.47. The number of methoxy groups -OCH3 is 1. The lowest BCUT2D eigenvalue weighted by Crippen LogP contribution is -2.36. The van der Waals surface area contributed by atoms with Crippen LogP contribution in [0.1, 0.15) is 99.4 Å². The number of rotatable bonds is 9. The molecule has 0 radical (unpaired) electrons. The summed E-state index contributed by atoms with van der Waals surface area (Å²) in [4.78, 5) is 46.4. The van der Waals surface area contributed by atoms with E-state index in [4.69, 9.17) is 14.2 Å². The number of benzene rings is 4. The molecule has 0 fully saturated rings. The van der Waals surface area contributed by atoms with Crippen molar-refractivity contribution < 1.29 is 43.9 Å². The zero-order valence-electron chi connectivity index (χ0n) is 42.6. The second-order valence-corrected chi connectivity index (χ2v) is 20.3. The lowest BCUT2D eigenvalue weighted by molar-refractivity contribution is -0.148. The number of carbonyl (C=O) groups is 3. The van der Waals surface area contributed by atoms with Crippen LogP contribution in [0.5, 0.6) is 34.5 Å². The lowest BCUT2D eigenvalue weighted by Gasteiger charge is -2.43. The van der Waals surface area contributed by atoms with E-state index in [2.05, 4.69) is 76.7 Å². The second-order valence-electron chi connectivity index (χ2n) is 20.3. The molecule has 75 heavy (non-hydrogen) atoms. The van der Waals surface area contributed by atoms with Crippen molar-refractivity contribution in [3.8, 4) is 46.3 Å². The number of anilines is 1. The van der Waals surface area contributed by atoms with Gasteiger partial charge in [-0.15, -0.1) is 0 Å². The number of aromatic nitrogens is 2. The number of carbonyl (C=O) groups excluding carboxylic acids is 3. The first kappa shape index (κ1) is 50.2. The van der Waals surface area contributed by atoms with Crippen LogP contribution in [0.15, 0.2) is 151 Å². The highest BCUT2D eigenvalue weighted by Crippen LogP contribution is 2.52. The van der Waals surface area contributed by atoms with Gasteiger partial charge < -0.3 is 49.3 Å². The van der Waals surface area contributed by atoms with Crippen LogP contribution >= 0.6 is 0 Å². The number of dihydropyridines is 1. The Kier molecular flexibility index (Phi) is 14.2. The molecule has 384 valence electrons. The number of nitrogens with one attached hydrogen (secondary N) is 2. The quantitative estimate of drug-likeness (QED) is 0.0688. The molecule has 2 aliphatic carbocycles. The Labute approximate surface area is 436 Å². The topological polar surface area (TPSA) is 176 Å². The highest BCUT2D eigenvalue weighted by molar-refractivity contribution is 5.95. The number of esters is 1. The molecule has 13 nitrogen and oxygen atoms in total. The van der Waals surface area contributed by atoms with Gasteiger partial charge in [0.25, 0.3) is 0 Å². The monoisotopic (exact) mass is 1010 g/mol. The summed E-state index contributed by atoms with van der Waals surface area (Å²) in [5.74, 6) is 7.40. The fraction of sp³-hybridized carbons (Fsp3) is 0.306. The number of phenols is 3. The van der Waals surface area contributed by atoms with Crippen LogP contribution in [0.3, 0.4) is 0 Å². The smallest absolute Gasteiger partial charge is 0.302 e. The minimum atomic E-state index is -0.747. The van der Waals surface area contributed by atoms with Crippen molar-refractivity contribution in [3.63, 3.8) is 0 Å². The van der Waals surface area contributed by atoms with Crippen LogP contribution in [-0.4, -0.2) is 68.7 Å². The summed E-state index contributed by atoms with van der Waals surface area (Å²) in [5, 5.41) is 38.4. The second kappa shape index (κ2) is 21.2. The van der Waals surface area contributed by atoms with E-state index in [1.54, 1.807) is 37.3 Å². The Morgan fingerprint density at radius 1 is 0.933 bits per heavy atom. The number of fused-ring (bicyclic) bond motifs is 2. The maximum Gasteiger partial charge on any atom is 0.302 e. The SMILES string of the molecule is COc1cc([C@@H]2CC(=O)C[C@H](OC(C)=O)CC[C@]34Cc5c[nH]cc5[C@H](C#CCC3=CC=C[C@H]4C)[C@H](c3cccc(O)c3)C3=CCNC(=C3)N(CCC(C)=O)c3cccc4cn2cc34)cc(O)c1Oc1cccc(O)c1. The number of phenolic OH excluding ortho intramolecular Hbond substituents is 3. The molecule has 0 amide bonds. The number of ether oxygens (including phenoxy) is 3. The molecule has 13 heteroatoms. The van der Waals surface area contributed by atoms with Crippen LogP contribution in [-0.2, 0) is 25.5 Å². The summed E-state index contributed by atoms with van der Waals surface area (Å²) in [6.45, 7) is 6.02. The third-order valence-corrected chi connectivity index (χ3v) is 15.4. The maximum absolute atomic E-state index is 14.9. The Hall–Kier alpha value is -8.37. The standard InChI is InChI=1S/C62H62N4O9/c1-38-10-5-13-46-14-8-18-52-53-35-63-34-45(53)33-62(38,46)23-20-51(74-40(3)68)31-49(71)32-56(44-27-57(72)61(58(28-44)73-4)75-50-17-9-16-48(70)30-50)65-36-43-12-7-19-55(54(43)37-65)66(25-22-39(2)67)59-29-42(21-24-64-59)60(52)41-11-6-15-47(69)26-41/h5-7,9-13,15-17,19,21,26-30,34-38,51-52,56,60,63-64,69-70,72H,14,20,22-25,31-33H2,1-4H3/t38-,51-,52+,56+,60-,62-/m1/s1. The minimum absolute atomic E-state index is 0.0140. The molecule has 1 spiro atoms. The summed E-state index contributed by atoms with van der Waals surface area (Å²) >= 11 is 0. The molecule has 4 aliphatic rings. The fourth-order valence-corrected chi connectivity index (χ4v) is 11.7. The van der Waals surface area contributed by atoms with E-state index in [1.807, 2.05) is 53.4 Å². The van der Waals surface area contributed by atoms with Crippen LogP contribution < -0.4 is 19.7 Å². The number of aromatic hydroxyl groups is 3. The lowest BCUT2D eigenvalue weighted by atomic mass is 9.61. The number of hydrogen-bond donors (Lipinski definition) is 5. The zero-order valence-corrected chi connectivity index (χ0v) is 42.6. The van der Waals surface area contributed by atoms with Crippen molar-refractivity contribution in [2.24, 2.45) is 11.3 Å². The van der Waals surface area contributed by atoms with Crippen LogP contribution in [0.25, 0.3) is 10.8 Å². The molecule has 10 rings (SSSR count). The number of H-pyrrole nitrogens is 1. The van der Waals surface area contributed by atoms with Gasteiger partial charge >= 0.3 is 5.97 Å². The Morgan fingerprint density at radius 2 is 1.75 bits per heavy atom. The summed E-state index contributed by atoms with van der Waals surface area (Å²) in [6.07, 6.45) is 20.5. The summed E-state index contributed by atoms with van der Waals surface area (Å²) < 4.78 is 20.0. The summed E-state index contributed by atoms with van der Waals surface area (Å²) in [6, 6.07) is 22.2. The minimum Gasteiger partial charge on any atom is -0.508 e. The number of aromatic amines is 1. The molecule has 0 saturated heterocycles. The van der Waals surface area contributed by atoms with Gasteiger partial charge in [-0.3, -0.25) is 14.4 Å². The Balaban J connectivity index is 1.17. The van der Waals surface area contributed by atoms with Gasteiger partial charge in [-0.1, -0.05) is 79.0 Å². The van der Waals surface area contributed by atoms with E-state index in [0.29, 0.717) is 44.3 Å². The Morgan fingerprint density at radius 3 is 2.53 bits per heavy atom. The predicted octanol–water partition coefficient (Wildman–Crippen LogP) is 11.3. The molecule has 6 aromatic rings. The van der Waals surface area contributed by atoms with Gasteiger partial charge in [0.15, 0.2) is 11.5 Å². The first-order valence-electron chi connectivity index (χ1n) is 25.7. The van der Waals surface area contributed by atoms with E-state index in [9.17, 15) is 29.7 Å². The Bertz CT molecular complexity index is 3380. The molecule has 2 aromatic heterocycles. The van der Waals surface area contributed by atoms with Crippen molar-refractivity contribution in [2.75, 3.05) is 25.1 Å². The van der Waals surface area contributed by atoms with Gasteiger partial charge in [0.2, 0.25) is 5.75 Å². The van der Waals surface area contributed by atoms with Crippen LogP contribution in [0, 0.1) is 23.2 Å². The van der Waals surface area contributed by atoms with E-state index >= 15 is 0 Å². The van der Waals surface area contributed by atoms with Crippen molar-refractivity contribution in [3.05, 3.63) is 173 Å². The average Bonchev–Trinajstić information content (AvgIpc) is 4.05. The first-order valence-corrected chi connectivity index (χ1v) is 25.7. The van der Waals surface area contributed by atoms with Gasteiger partial charge in [0.05, 0.1) is 24.8 Å². The maximum atomic E-state index is 14.9. The van der Waals surface area contributed by atoms with E-state index in [-0.39, 0.29) is 83.1 Å². The normalized spacial score (nSPS) is 22.6. The average molecular weight is 1010 g/mol. The van der Waals surface area contributed by atoms with Crippen LogP contribution in [0.4, 0.5) is 5.69 Å². The third-order valence-electron chi connectivity index (χ3n) is 15.4. The van der Waals surface area contributed by atoms with Crippen molar-refractivity contribution in [2.45, 2.75) is 89.7 Å². The molecule has 6 atom stereocenters. The molecule has 6 bridgehead atoms. The number of nitrogens with zero attached hydrogens (tertiary/aromatic N) is 2. The van der Waals surface area contributed by atoms with E-state index < -0.39 is 23.5 Å². The molecule has 5 N–H and O–H groups in total. The van der Waals surface area contributed by atoms with Crippen LogP contribution in [0.2, 0.25) is 0 Å². The van der Waals surface area contributed by atoms with Gasteiger partial charge in [-0.25, -0.2) is 0 Å². The predicted molar refractivity (Wildman–Crippen MR) is 288 cm³/mol. The van der Waals surface area contributed by atoms with Gasteiger partial charge in [0.1, 0.15) is 40.7 Å². The highest BCUT2D eigenvalue weighted by atomic mass is 16.5. The number of allylic oxidation sites excluding steroid dienone is 6. The van der Waals surface area contributed by atoms with Gasteiger partial charge in [0, 0.05) is 98.7 Å². The molecule has 0 saturated carbocycles. The molecular weight excluding hydrogens is 945 g/mol. The van der Waals surface area contributed by atoms with Gasteiger partial charge in [-0.2, -0.15) is 0 Å². The molecule has 0 unspecified atom stereocenters. The van der Waals surface area contributed by atoms with Crippen molar-refractivity contribution >= 4 is 34.0 Å².